The maximum atomic E-state index is 6.67. The first kappa shape index (κ1) is 13.2. The lowest BCUT2D eigenvalue weighted by Crippen LogP contribution is -2.36. The van der Waals surface area contributed by atoms with Crippen molar-refractivity contribution in [2.24, 2.45) is 5.73 Å². The minimum Gasteiger partial charge on any atom is -0.497 e. The van der Waals surface area contributed by atoms with Crippen LogP contribution in [-0.4, -0.2) is 7.11 Å². The molecule has 0 spiro atoms. The number of halogens is 1. The van der Waals surface area contributed by atoms with E-state index < -0.39 is 0 Å². The van der Waals surface area contributed by atoms with Crippen molar-refractivity contribution < 1.29 is 4.74 Å². The molecule has 1 aliphatic carbocycles. The number of hydrogen-bond acceptors (Lipinski definition) is 3. The van der Waals surface area contributed by atoms with Gasteiger partial charge in [0, 0.05) is 26.7 Å². The van der Waals surface area contributed by atoms with Gasteiger partial charge in [0.05, 0.1) is 7.11 Å². The Hall–Kier alpha value is -0.840. The monoisotopic (exact) mass is 337 g/mol. The molecule has 1 aromatic carbocycles. The number of thiophene rings is 1. The van der Waals surface area contributed by atoms with E-state index >= 15 is 0 Å². The maximum absolute atomic E-state index is 6.67. The summed E-state index contributed by atoms with van der Waals surface area (Å²) < 4.78 is 6.47. The van der Waals surface area contributed by atoms with Gasteiger partial charge in [-0.1, -0.05) is 6.07 Å². The van der Waals surface area contributed by atoms with Gasteiger partial charge < -0.3 is 10.5 Å². The predicted octanol–water partition coefficient (Wildman–Crippen LogP) is 3.86. The lowest BCUT2D eigenvalue weighted by atomic mass is 9.88. The molecular weight excluding hydrogens is 322 g/mol. The minimum atomic E-state index is -0.256. The third-order valence-corrected chi connectivity index (χ3v) is 5.50. The minimum absolute atomic E-state index is 0.256. The van der Waals surface area contributed by atoms with E-state index in [2.05, 4.69) is 39.5 Å². The van der Waals surface area contributed by atoms with Crippen molar-refractivity contribution >= 4 is 27.3 Å². The molecule has 2 aromatic rings. The van der Waals surface area contributed by atoms with Gasteiger partial charge >= 0.3 is 0 Å². The normalized spacial score (nSPS) is 21.4. The average Bonchev–Trinajstić information content (AvgIpc) is 2.94. The van der Waals surface area contributed by atoms with Crippen LogP contribution >= 0.6 is 27.3 Å². The highest BCUT2D eigenvalue weighted by molar-refractivity contribution is 9.10. The molecule has 3 rings (SSSR count). The highest BCUT2D eigenvalue weighted by Gasteiger charge is 2.35. The maximum Gasteiger partial charge on any atom is 0.119 e. The van der Waals surface area contributed by atoms with E-state index in [-0.39, 0.29) is 5.54 Å². The molecule has 100 valence electrons. The zero-order chi connectivity index (χ0) is 13.5. The Balaban J connectivity index is 1.94. The van der Waals surface area contributed by atoms with Gasteiger partial charge in [0.15, 0.2) is 0 Å². The highest BCUT2D eigenvalue weighted by Crippen LogP contribution is 2.40. The molecule has 19 heavy (non-hydrogen) atoms. The van der Waals surface area contributed by atoms with Crippen LogP contribution in [0.3, 0.4) is 0 Å². The zero-order valence-corrected chi connectivity index (χ0v) is 13.2. The molecule has 1 aliphatic rings. The molecule has 1 atom stereocenters. The number of hydrogen-bond donors (Lipinski definition) is 1. The first-order valence-corrected chi connectivity index (χ1v) is 7.97. The molecule has 0 amide bonds. The highest BCUT2D eigenvalue weighted by atomic mass is 79.9. The molecule has 1 unspecified atom stereocenters. The second-order valence-corrected chi connectivity index (χ2v) is 7.00. The van der Waals surface area contributed by atoms with Crippen LogP contribution in [0.4, 0.5) is 0 Å². The van der Waals surface area contributed by atoms with E-state index in [9.17, 15) is 0 Å². The van der Waals surface area contributed by atoms with Gasteiger partial charge in [0.1, 0.15) is 5.75 Å². The standard InChI is InChI=1S/C15H16BrNOS/c1-18-12-3-2-10-4-5-15(17,14(10)7-12)8-13-6-11(16)9-19-13/h2-3,6-7,9H,4-5,8,17H2,1H3. The van der Waals surface area contributed by atoms with Crippen molar-refractivity contribution in [3.05, 3.63) is 50.1 Å². The fraction of sp³-hybridized carbons (Fsp3) is 0.333. The van der Waals surface area contributed by atoms with E-state index in [1.165, 1.54) is 16.0 Å². The number of ether oxygens (including phenoxy) is 1. The van der Waals surface area contributed by atoms with Crippen LogP contribution in [-0.2, 0) is 18.4 Å². The van der Waals surface area contributed by atoms with E-state index in [0.717, 1.165) is 29.5 Å². The number of aryl methyl sites for hydroxylation is 1. The molecule has 2 N–H and O–H groups in total. The smallest absolute Gasteiger partial charge is 0.119 e. The van der Waals surface area contributed by atoms with Crippen LogP contribution in [0.1, 0.15) is 22.4 Å². The van der Waals surface area contributed by atoms with E-state index in [1.54, 1.807) is 18.4 Å². The lowest BCUT2D eigenvalue weighted by Gasteiger charge is -2.25. The van der Waals surface area contributed by atoms with E-state index in [1.807, 2.05) is 6.07 Å². The van der Waals surface area contributed by atoms with Gasteiger partial charge in [0.25, 0.3) is 0 Å². The number of fused-ring (bicyclic) bond motifs is 1. The Morgan fingerprint density at radius 2 is 2.26 bits per heavy atom. The summed E-state index contributed by atoms with van der Waals surface area (Å²) in [7, 11) is 1.70. The summed E-state index contributed by atoms with van der Waals surface area (Å²) in [6.07, 6.45) is 2.96. The van der Waals surface area contributed by atoms with E-state index in [0.29, 0.717) is 0 Å². The Bertz CT molecular complexity index is 610. The number of benzene rings is 1. The number of nitrogens with two attached hydrogens (primary N) is 1. The van der Waals surface area contributed by atoms with Crippen LogP contribution in [0.25, 0.3) is 0 Å². The Morgan fingerprint density at radius 3 is 2.95 bits per heavy atom. The second kappa shape index (κ2) is 4.93. The third-order valence-electron chi connectivity index (χ3n) is 3.81. The quantitative estimate of drug-likeness (QED) is 0.922. The molecule has 0 saturated heterocycles. The number of rotatable bonds is 3. The summed E-state index contributed by atoms with van der Waals surface area (Å²) in [5.74, 6) is 0.892. The van der Waals surface area contributed by atoms with Crippen molar-refractivity contribution in [2.75, 3.05) is 7.11 Å². The van der Waals surface area contributed by atoms with Gasteiger partial charge in [-0.15, -0.1) is 11.3 Å². The van der Waals surface area contributed by atoms with Crippen LogP contribution in [0.5, 0.6) is 5.75 Å². The molecule has 1 aromatic heterocycles. The summed E-state index contributed by atoms with van der Waals surface area (Å²) in [4.78, 5) is 1.32. The molecule has 2 nitrogen and oxygen atoms in total. The van der Waals surface area contributed by atoms with Gasteiger partial charge in [-0.05, 0) is 58.1 Å². The molecule has 0 aliphatic heterocycles. The van der Waals surface area contributed by atoms with Gasteiger partial charge in [-0.25, -0.2) is 0 Å². The summed E-state index contributed by atoms with van der Waals surface area (Å²) >= 11 is 5.26. The fourth-order valence-electron chi connectivity index (χ4n) is 2.80. The van der Waals surface area contributed by atoms with Crippen LogP contribution < -0.4 is 10.5 Å². The lowest BCUT2D eigenvalue weighted by molar-refractivity contribution is 0.408. The van der Waals surface area contributed by atoms with Crippen molar-refractivity contribution in [3.8, 4) is 5.75 Å². The SMILES string of the molecule is COc1ccc2c(c1)C(N)(Cc1cc(Br)cs1)CC2. The first-order valence-electron chi connectivity index (χ1n) is 6.30. The Morgan fingerprint density at radius 1 is 1.42 bits per heavy atom. The fourth-order valence-corrected chi connectivity index (χ4v) is 4.37. The summed E-state index contributed by atoms with van der Waals surface area (Å²) in [6.45, 7) is 0. The predicted molar refractivity (Wildman–Crippen MR) is 82.9 cm³/mol. The Labute approximate surface area is 125 Å². The first-order chi connectivity index (χ1) is 9.10. The van der Waals surface area contributed by atoms with E-state index in [4.69, 9.17) is 10.5 Å². The topological polar surface area (TPSA) is 35.2 Å². The van der Waals surface area contributed by atoms with Crippen LogP contribution in [0.15, 0.2) is 34.1 Å². The summed E-state index contributed by atoms with van der Waals surface area (Å²) in [5.41, 5.74) is 9.02. The molecular formula is C15H16BrNOS. The third kappa shape index (κ3) is 2.45. The average molecular weight is 338 g/mol. The van der Waals surface area contributed by atoms with Gasteiger partial charge in [0.2, 0.25) is 0 Å². The largest absolute Gasteiger partial charge is 0.497 e. The summed E-state index contributed by atoms with van der Waals surface area (Å²) in [5, 5.41) is 2.11. The van der Waals surface area contributed by atoms with Gasteiger partial charge in [-0.3, -0.25) is 0 Å². The van der Waals surface area contributed by atoms with Crippen molar-refractivity contribution in [3.63, 3.8) is 0 Å². The molecule has 0 fully saturated rings. The zero-order valence-electron chi connectivity index (χ0n) is 10.8. The summed E-state index contributed by atoms with van der Waals surface area (Å²) in [6, 6.07) is 8.43. The number of methoxy groups -OCH3 is 1. The molecule has 0 saturated carbocycles. The molecule has 0 bridgehead atoms. The molecule has 0 radical (unpaired) electrons. The molecule has 4 heteroatoms. The van der Waals surface area contributed by atoms with Crippen LogP contribution in [0, 0.1) is 0 Å². The van der Waals surface area contributed by atoms with Crippen LogP contribution in [0.2, 0.25) is 0 Å². The van der Waals surface area contributed by atoms with Crippen molar-refractivity contribution in [2.45, 2.75) is 24.8 Å². The van der Waals surface area contributed by atoms with Gasteiger partial charge in [-0.2, -0.15) is 0 Å². The second-order valence-electron chi connectivity index (χ2n) is 5.09. The molecule has 1 heterocycles. The Kier molecular flexibility index (Phi) is 3.41. The van der Waals surface area contributed by atoms with Crippen molar-refractivity contribution in [1.82, 2.24) is 0 Å². The van der Waals surface area contributed by atoms with Crippen molar-refractivity contribution in [1.29, 1.82) is 0 Å².